The van der Waals surface area contributed by atoms with Gasteiger partial charge in [0.15, 0.2) is 0 Å². The minimum Gasteiger partial charge on any atom is -0.349 e. The molecule has 0 radical (unpaired) electrons. The fourth-order valence-corrected chi connectivity index (χ4v) is 1.49. The van der Waals surface area contributed by atoms with Crippen molar-refractivity contribution < 1.29 is 0 Å². The van der Waals surface area contributed by atoms with E-state index in [1.807, 2.05) is 18.0 Å². The molecule has 0 aromatic carbocycles. The second kappa shape index (κ2) is 5.20. The van der Waals surface area contributed by atoms with Gasteiger partial charge in [0.25, 0.3) is 0 Å². The third kappa shape index (κ3) is 3.47. The molecule has 3 nitrogen and oxygen atoms in total. The van der Waals surface area contributed by atoms with Gasteiger partial charge in [0.1, 0.15) is 5.82 Å². The number of anilines is 1. The molecule has 0 aliphatic carbocycles. The number of hydrogen-bond donors (Lipinski definition) is 1. The van der Waals surface area contributed by atoms with Crippen LogP contribution in [0, 0.1) is 12.3 Å². The molecule has 0 unspecified atom stereocenters. The molecule has 0 fully saturated rings. The summed E-state index contributed by atoms with van der Waals surface area (Å²) < 4.78 is 0. The number of terminal acetylenes is 1. The van der Waals surface area contributed by atoms with E-state index in [1.165, 1.54) is 0 Å². The van der Waals surface area contributed by atoms with Gasteiger partial charge in [-0.25, -0.2) is 4.98 Å². The van der Waals surface area contributed by atoms with Gasteiger partial charge < -0.3 is 10.6 Å². The molecule has 0 atom stereocenters. The lowest BCUT2D eigenvalue weighted by atomic mass is 9.90. The first-order valence-corrected chi connectivity index (χ1v) is 5.74. The number of pyridine rings is 1. The van der Waals surface area contributed by atoms with Crippen LogP contribution in [0.5, 0.6) is 0 Å². The zero-order valence-corrected chi connectivity index (χ0v) is 11.1. The summed E-state index contributed by atoms with van der Waals surface area (Å²) in [4.78, 5) is 6.60. The number of nitrogens with zero attached hydrogens (tertiary/aromatic N) is 2. The number of nitrogens with two attached hydrogens (primary N) is 1. The number of aromatic nitrogens is 1. The van der Waals surface area contributed by atoms with Crippen molar-refractivity contribution >= 4 is 5.82 Å². The van der Waals surface area contributed by atoms with Gasteiger partial charge in [-0.05, 0) is 17.7 Å². The summed E-state index contributed by atoms with van der Waals surface area (Å²) in [5, 5.41) is 0. The molecule has 0 saturated carbocycles. The Morgan fingerprint density at radius 1 is 1.41 bits per heavy atom. The average molecular weight is 231 g/mol. The summed E-state index contributed by atoms with van der Waals surface area (Å²) in [6.45, 7) is 7.48. The SMILES string of the molecule is C#CCN(C)c1cc(CN)cc(C(C)(C)C)n1. The van der Waals surface area contributed by atoms with E-state index in [0.29, 0.717) is 13.1 Å². The lowest BCUT2D eigenvalue weighted by molar-refractivity contribution is 0.567. The minimum absolute atomic E-state index is 0.0108. The summed E-state index contributed by atoms with van der Waals surface area (Å²) in [6, 6.07) is 4.06. The van der Waals surface area contributed by atoms with E-state index in [9.17, 15) is 0 Å². The topological polar surface area (TPSA) is 42.1 Å². The molecule has 3 heteroatoms. The van der Waals surface area contributed by atoms with Crippen LogP contribution < -0.4 is 10.6 Å². The molecule has 0 spiro atoms. The van der Waals surface area contributed by atoms with Crippen LogP contribution in [0.15, 0.2) is 12.1 Å². The molecule has 1 aromatic rings. The Morgan fingerprint density at radius 3 is 2.53 bits per heavy atom. The molecule has 1 heterocycles. The molecule has 0 aliphatic heterocycles. The summed E-state index contributed by atoms with van der Waals surface area (Å²) in [5.74, 6) is 3.50. The van der Waals surface area contributed by atoms with Crippen LogP contribution in [0.4, 0.5) is 5.82 Å². The van der Waals surface area contributed by atoms with Gasteiger partial charge in [-0.3, -0.25) is 0 Å². The maximum atomic E-state index is 5.72. The van der Waals surface area contributed by atoms with Gasteiger partial charge in [0, 0.05) is 24.7 Å². The van der Waals surface area contributed by atoms with Crippen molar-refractivity contribution in [3.05, 3.63) is 23.4 Å². The molecule has 2 N–H and O–H groups in total. The van der Waals surface area contributed by atoms with Gasteiger partial charge in [-0.1, -0.05) is 26.7 Å². The molecule has 1 aromatic heterocycles. The fourth-order valence-electron chi connectivity index (χ4n) is 1.49. The molecule has 0 aliphatic rings. The van der Waals surface area contributed by atoms with Crippen LogP contribution in [-0.2, 0) is 12.0 Å². The Hall–Kier alpha value is -1.53. The highest BCUT2D eigenvalue weighted by molar-refractivity contribution is 5.44. The van der Waals surface area contributed by atoms with Gasteiger partial charge in [-0.2, -0.15) is 0 Å². The van der Waals surface area contributed by atoms with Crippen LogP contribution >= 0.6 is 0 Å². The standard InChI is InChI=1S/C14H21N3/c1-6-7-17(5)13-9-11(10-15)8-12(16-13)14(2,3)4/h1,8-9H,7,10,15H2,2-5H3. The van der Waals surface area contributed by atoms with Crippen molar-refractivity contribution in [2.24, 2.45) is 5.73 Å². The van der Waals surface area contributed by atoms with Crippen LogP contribution in [0.25, 0.3) is 0 Å². The van der Waals surface area contributed by atoms with E-state index in [1.54, 1.807) is 0 Å². The second-order valence-corrected chi connectivity index (χ2v) is 5.23. The van der Waals surface area contributed by atoms with Crippen molar-refractivity contribution in [2.45, 2.75) is 32.7 Å². The zero-order valence-electron chi connectivity index (χ0n) is 11.1. The first-order chi connectivity index (χ1) is 7.88. The predicted molar refractivity (Wildman–Crippen MR) is 72.9 cm³/mol. The third-order valence-electron chi connectivity index (χ3n) is 2.60. The van der Waals surface area contributed by atoms with E-state index in [-0.39, 0.29) is 5.41 Å². The van der Waals surface area contributed by atoms with E-state index < -0.39 is 0 Å². The molecule has 0 bridgehead atoms. The van der Waals surface area contributed by atoms with Gasteiger partial charge in [-0.15, -0.1) is 6.42 Å². The van der Waals surface area contributed by atoms with Crippen LogP contribution in [-0.4, -0.2) is 18.6 Å². The smallest absolute Gasteiger partial charge is 0.129 e. The first kappa shape index (κ1) is 13.5. The van der Waals surface area contributed by atoms with Crippen LogP contribution in [0.3, 0.4) is 0 Å². The molecule has 0 amide bonds. The Kier molecular flexibility index (Phi) is 4.14. The minimum atomic E-state index is 0.0108. The van der Waals surface area contributed by atoms with Gasteiger partial charge in [0.05, 0.1) is 6.54 Å². The van der Waals surface area contributed by atoms with Crippen LogP contribution in [0.1, 0.15) is 32.0 Å². The number of rotatable bonds is 3. The fraction of sp³-hybridized carbons (Fsp3) is 0.500. The van der Waals surface area contributed by atoms with E-state index in [2.05, 4.69) is 37.7 Å². The van der Waals surface area contributed by atoms with Crippen molar-refractivity contribution in [1.29, 1.82) is 0 Å². The van der Waals surface area contributed by atoms with Crippen molar-refractivity contribution in [3.63, 3.8) is 0 Å². The van der Waals surface area contributed by atoms with E-state index >= 15 is 0 Å². The molecular weight excluding hydrogens is 210 g/mol. The Labute approximate surface area is 104 Å². The molecule has 17 heavy (non-hydrogen) atoms. The predicted octanol–water partition coefficient (Wildman–Crippen LogP) is 1.91. The Morgan fingerprint density at radius 2 is 2.06 bits per heavy atom. The van der Waals surface area contributed by atoms with Crippen LogP contribution in [0.2, 0.25) is 0 Å². The maximum Gasteiger partial charge on any atom is 0.129 e. The lowest BCUT2D eigenvalue weighted by Crippen LogP contribution is -2.22. The molecule has 1 rings (SSSR count). The monoisotopic (exact) mass is 231 g/mol. The Balaban J connectivity index is 3.19. The van der Waals surface area contributed by atoms with Crippen molar-refractivity contribution in [3.8, 4) is 12.3 Å². The Bertz CT molecular complexity index is 424. The van der Waals surface area contributed by atoms with Crippen molar-refractivity contribution in [2.75, 3.05) is 18.5 Å². The third-order valence-corrected chi connectivity index (χ3v) is 2.60. The van der Waals surface area contributed by atoms with E-state index in [4.69, 9.17) is 12.2 Å². The zero-order chi connectivity index (χ0) is 13.1. The quantitative estimate of drug-likeness (QED) is 0.808. The van der Waals surface area contributed by atoms with E-state index in [0.717, 1.165) is 17.1 Å². The van der Waals surface area contributed by atoms with Crippen molar-refractivity contribution in [1.82, 2.24) is 4.98 Å². The lowest BCUT2D eigenvalue weighted by Gasteiger charge is -2.23. The molecule has 0 saturated heterocycles. The summed E-state index contributed by atoms with van der Waals surface area (Å²) >= 11 is 0. The summed E-state index contributed by atoms with van der Waals surface area (Å²) in [5.41, 5.74) is 7.86. The normalized spacial score (nSPS) is 11.1. The summed E-state index contributed by atoms with van der Waals surface area (Å²) in [7, 11) is 1.94. The first-order valence-electron chi connectivity index (χ1n) is 5.74. The highest BCUT2D eigenvalue weighted by atomic mass is 15.2. The summed E-state index contributed by atoms with van der Waals surface area (Å²) in [6.07, 6.45) is 5.32. The average Bonchev–Trinajstić information content (AvgIpc) is 2.27. The van der Waals surface area contributed by atoms with Gasteiger partial charge in [0.2, 0.25) is 0 Å². The number of hydrogen-bond acceptors (Lipinski definition) is 3. The highest BCUT2D eigenvalue weighted by Crippen LogP contribution is 2.24. The maximum absolute atomic E-state index is 5.72. The largest absolute Gasteiger partial charge is 0.349 e. The molecule has 92 valence electrons. The highest BCUT2D eigenvalue weighted by Gasteiger charge is 2.17. The second-order valence-electron chi connectivity index (χ2n) is 5.23. The molecular formula is C14H21N3. The van der Waals surface area contributed by atoms with Gasteiger partial charge >= 0.3 is 0 Å².